The first-order chi connectivity index (χ1) is 9.49. The zero-order chi connectivity index (χ0) is 14.3. The highest BCUT2D eigenvalue weighted by Gasteiger charge is 2.37. The minimum Gasteiger partial charge on any atom is -0.357 e. The predicted octanol–water partition coefficient (Wildman–Crippen LogP) is 3.21. The summed E-state index contributed by atoms with van der Waals surface area (Å²) < 4.78 is 39.2. The first-order valence-corrected chi connectivity index (χ1v) is 6.31. The standard InChI is InChI=1S/C13H13F3N4/c1-17-12-18-11(13(14,15)16)19-20(12)10-4-2-3-9(7-10)8-5-6-8/h2-4,7-8H,5-6H2,1H3,(H,17,18,19). The number of aromatic nitrogens is 3. The molecule has 1 aliphatic carbocycles. The molecule has 0 amide bonds. The van der Waals surface area contributed by atoms with Crippen LogP contribution in [-0.2, 0) is 6.18 Å². The van der Waals surface area contributed by atoms with Crippen molar-refractivity contribution in [2.45, 2.75) is 24.9 Å². The van der Waals surface area contributed by atoms with E-state index in [2.05, 4.69) is 15.4 Å². The van der Waals surface area contributed by atoms with Crippen molar-refractivity contribution in [2.24, 2.45) is 0 Å². The molecule has 1 aromatic carbocycles. The van der Waals surface area contributed by atoms with Gasteiger partial charge in [-0.2, -0.15) is 22.8 Å². The van der Waals surface area contributed by atoms with Crippen LogP contribution in [0.25, 0.3) is 5.69 Å². The Balaban J connectivity index is 2.04. The number of hydrogen-bond donors (Lipinski definition) is 1. The van der Waals surface area contributed by atoms with Gasteiger partial charge in [0.25, 0.3) is 5.82 Å². The second kappa shape index (κ2) is 4.50. The molecule has 1 heterocycles. The number of halogens is 3. The molecule has 4 nitrogen and oxygen atoms in total. The number of alkyl halides is 3. The molecule has 3 rings (SSSR count). The van der Waals surface area contributed by atoms with Crippen molar-refractivity contribution in [3.05, 3.63) is 35.7 Å². The van der Waals surface area contributed by atoms with Crippen LogP contribution in [0.4, 0.5) is 19.1 Å². The first kappa shape index (κ1) is 13.0. The lowest BCUT2D eigenvalue weighted by Crippen LogP contribution is -2.08. The number of nitrogens with one attached hydrogen (secondary N) is 1. The molecule has 20 heavy (non-hydrogen) atoms. The lowest BCUT2D eigenvalue weighted by Gasteiger charge is -2.06. The molecule has 106 valence electrons. The number of nitrogens with zero attached hydrogens (tertiary/aromatic N) is 3. The van der Waals surface area contributed by atoms with E-state index in [1.54, 1.807) is 6.07 Å². The smallest absolute Gasteiger partial charge is 0.357 e. The van der Waals surface area contributed by atoms with Crippen LogP contribution in [0.5, 0.6) is 0 Å². The average molecular weight is 282 g/mol. The molecule has 0 radical (unpaired) electrons. The summed E-state index contributed by atoms with van der Waals surface area (Å²) in [5.74, 6) is -0.539. The summed E-state index contributed by atoms with van der Waals surface area (Å²) in [5.41, 5.74) is 1.72. The van der Waals surface area contributed by atoms with Crippen LogP contribution >= 0.6 is 0 Å². The molecule has 0 atom stereocenters. The van der Waals surface area contributed by atoms with Gasteiger partial charge in [-0.1, -0.05) is 12.1 Å². The van der Waals surface area contributed by atoms with E-state index >= 15 is 0 Å². The van der Waals surface area contributed by atoms with Gasteiger partial charge in [0.05, 0.1) is 5.69 Å². The van der Waals surface area contributed by atoms with Gasteiger partial charge >= 0.3 is 6.18 Å². The van der Waals surface area contributed by atoms with Crippen molar-refractivity contribution >= 4 is 5.95 Å². The van der Waals surface area contributed by atoms with Gasteiger partial charge in [-0.25, -0.2) is 0 Å². The van der Waals surface area contributed by atoms with Gasteiger partial charge in [-0.15, -0.1) is 5.10 Å². The van der Waals surface area contributed by atoms with Gasteiger partial charge in [0, 0.05) is 7.05 Å². The molecule has 0 bridgehead atoms. The molecule has 1 aromatic heterocycles. The third-order valence-corrected chi connectivity index (χ3v) is 3.25. The van der Waals surface area contributed by atoms with Crippen LogP contribution in [0.2, 0.25) is 0 Å². The van der Waals surface area contributed by atoms with Crippen LogP contribution in [-0.4, -0.2) is 21.8 Å². The summed E-state index contributed by atoms with van der Waals surface area (Å²) in [7, 11) is 1.52. The SMILES string of the molecule is CNc1nc(C(F)(F)F)nn1-c1cccc(C2CC2)c1. The maximum absolute atomic E-state index is 12.7. The topological polar surface area (TPSA) is 42.7 Å². The Labute approximate surface area is 113 Å². The van der Waals surface area contributed by atoms with Crippen LogP contribution in [0.1, 0.15) is 30.1 Å². The molecule has 7 heteroatoms. The van der Waals surface area contributed by atoms with Crippen molar-refractivity contribution < 1.29 is 13.2 Å². The summed E-state index contributed by atoms with van der Waals surface area (Å²) >= 11 is 0. The van der Waals surface area contributed by atoms with Gasteiger partial charge in [0.15, 0.2) is 0 Å². The molecule has 1 saturated carbocycles. The summed E-state index contributed by atoms with van der Waals surface area (Å²) in [4.78, 5) is 3.48. The molecule has 0 unspecified atom stereocenters. The lowest BCUT2D eigenvalue weighted by atomic mass is 10.1. The number of anilines is 1. The second-order valence-electron chi connectivity index (χ2n) is 4.79. The maximum atomic E-state index is 12.7. The summed E-state index contributed by atoms with van der Waals surface area (Å²) in [6.45, 7) is 0. The highest BCUT2D eigenvalue weighted by molar-refractivity contribution is 5.43. The summed E-state index contributed by atoms with van der Waals surface area (Å²) in [5, 5.41) is 6.20. The van der Waals surface area contributed by atoms with Gasteiger partial charge in [-0.05, 0) is 36.5 Å². The largest absolute Gasteiger partial charge is 0.453 e. The van der Waals surface area contributed by atoms with Crippen molar-refractivity contribution in [1.29, 1.82) is 0 Å². The molecule has 1 aliphatic rings. The van der Waals surface area contributed by atoms with Gasteiger partial charge in [0.2, 0.25) is 5.95 Å². The van der Waals surface area contributed by atoms with E-state index < -0.39 is 12.0 Å². The van der Waals surface area contributed by atoms with E-state index in [1.807, 2.05) is 18.2 Å². The zero-order valence-electron chi connectivity index (χ0n) is 10.8. The van der Waals surface area contributed by atoms with Gasteiger partial charge < -0.3 is 5.32 Å². The quantitative estimate of drug-likeness (QED) is 0.940. The number of hydrogen-bond acceptors (Lipinski definition) is 3. The van der Waals surface area contributed by atoms with Crippen molar-refractivity contribution in [3.63, 3.8) is 0 Å². The van der Waals surface area contributed by atoms with Crippen molar-refractivity contribution in [1.82, 2.24) is 14.8 Å². The normalized spacial score (nSPS) is 15.4. The Morgan fingerprint density at radius 2 is 2.05 bits per heavy atom. The van der Waals surface area contributed by atoms with Crippen molar-refractivity contribution in [3.8, 4) is 5.69 Å². The first-order valence-electron chi connectivity index (χ1n) is 6.31. The third-order valence-electron chi connectivity index (χ3n) is 3.25. The van der Waals surface area contributed by atoms with Crippen LogP contribution < -0.4 is 5.32 Å². The fraction of sp³-hybridized carbons (Fsp3) is 0.385. The molecule has 0 saturated heterocycles. The van der Waals surface area contributed by atoms with E-state index in [4.69, 9.17) is 0 Å². The Bertz CT molecular complexity index is 629. The molecular weight excluding hydrogens is 269 g/mol. The summed E-state index contributed by atoms with van der Waals surface area (Å²) in [6, 6.07) is 7.41. The fourth-order valence-electron chi connectivity index (χ4n) is 2.10. The maximum Gasteiger partial charge on any atom is 0.453 e. The second-order valence-corrected chi connectivity index (χ2v) is 4.79. The van der Waals surface area contributed by atoms with Crippen LogP contribution in [0, 0.1) is 0 Å². The highest BCUT2D eigenvalue weighted by Crippen LogP contribution is 2.40. The minimum absolute atomic E-state index is 0.0743. The Kier molecular flexibility index (Phi) is 2.92. The van der Waals surface area contributed by atoms with Crippen LogP contribution in [0.15, 0.2) is 24.3 Å². The minimum atomic E-state index is -4.55. The Morgan fingerprint density at radius 1 is 1.30 bits per heavy atom. The van der Waals surface area contributed by atoms with E-state index in [1.165, 1.54) is 11.7 Å². The van der Waals surface area contributed by atoms with E-state index in [0.29, 0.717) is 11.6 Å². The average Bonchev–Trinajstić information content (AvgIpc) is 3.16. The van der Waals surface area contributed by atoms with Crippen molar-refractivity contribution in [2.75, 3.05) is 12.4 Å². The van der Waals surface area contributed by atoms with E-state index in [9.17, 15) is 13.2 Å². The Morgan fingerprint density at radius 3 is 2.65 bits per heavy atom. The van der Waals surface area contributed by atoms with Gasteiger partial charge in [0.1, 0.15) is 0 Å². The molecule has 0 aliphatic heterocycles. The van der Waals surface area contributed by atoms with E-state index in [-0.39, 0.29) is 5.95 Å². The predicted molar refractivity (Wildman–Crippen MR) is 67.9 cm³/mol. The van der Waals surface area contributed by atoms with Crippen LogP contribution in [0.3, 0.4) is 0 Å². The molecular formula is C13H13F3N4. The highest BCUT2D eigenvalue weighted by atomic mass is 19.4. The van der Waals surface area contributed by atoms with E-state index in [0.717, 1.165) is 18.4 Å². The Hall–Kier alpha value is -2.05. The number of benzene rings is 1. The lowest BCUT2D eigenvalue weighted by molar-refractivity contribution is -0.144. The molecule has 1 N–H and O–H groups in total. The molecule has 0 spiro atoms. The molecule has 1 fully saturated rings. The zero-order valence-corrected chi connectivity index (χ0v) is 10.8. The molecule has 2 aromatic rings. The fourth-order valence-corrected chi connectivity index (χ4v) is 2.10. The monoisotopic (exact) mass is 282 g/mol. The van der Waals surface area contributed by atoms with Gasteiger partial charge in [-0.3, -0.25) is 0 Å². The number of rotatable bonds is 3. The third kappa shape index (κ3) is 2.35. The summed E-state index contributed by atoms with van der Waals surface area (Å²) in [6.07, 6.45) is -2.29.